The lowest BCUT2D eigenvalue weighted by atomic mass is 10.1. The monoisotopic (exact) mass is 509 g/mol. The first-order valence-electron chi connectivity index (χ1n) is 12.1. The lowest BCUT2D eigenvalue weighted by molar-refractivity contribution is -0.140. The minimum Gasteiger partial charge on any atom is -0.352 e. The molecule has 0 aromatic heterocycles. The average molecular weight is 510 g/mol. The molecule has 0 saturated heterocycles. The van der Waals surface area contributed by atoms with Crippen LogP contribution in [-0.4, -0.2) is 50.0 Å². The van der Waals surface area contributed by atoms with Crippen LogP contribution in [0, 0.1) is 6.92 Å². The highest BCUT2D eigenvalue weighted by Gasteiger charge is 2.32. The Morgan fingerprint density at radius 1 is 0.944 bits per heavy atom. The van der Waals surface area contributed by atoms with Crippen LogP contribution < -0.4 is 9.62 Å². The van der Waals surface area contributed by atoms with Crippen LogP contribution in [0.15, 0.2) is 66.7 Å². The first-order valence-corrected chi connectivity index (χ1v) is 14.0. The van der Waals surface area contributed by atoms with E-state index in [1.807, 2.05) is 82.3 Å². The number of nitrogens with zero attached hydrogens (tertiary/aromatic N) is 2. The summed E-state index contributed by atoms with van der Waals surface area (Å²) in [5.41, 5.74) is 2.38. The zero-order valence-corrected chi connectivity index (χ0v) is 22.4. The van der Waals surface area contributed by atoms with Gasteiger partial charge in [-0.05, 0) is 44.2 Å². The van der Waals surface area contributed by atoms with Gasteiger partial charge in [-0.3, -0.25) is 13.9 Å². The summed E-state index contributed by atoms with van der Waals surface area (Å²) in [5, 5.41) is 4.50. The number of sulfonamides is 1. The molecule has 0 aliphatic rings. The van der Waals surface area contributed by atoms with Gasteiger partial charge >= 0.3 is 0 Å². The largest absolute Gasteiger partial charge is 0.352 e. The molecule has 3 rings (SSSR count). The molecule has 3 aromatic carbocycles. The Morgan fingerprint density at radius 2 is 1.58 bits per heavy atom. The molecule has 0 radical (unpaired) electrons. The van der Waals surface area contributed by atoms with Crippen molar-refractivity contribution in [1.82, 2.24) is 10.2 Å². The van der Waals surface area contributed by atoms with Gasteiger partial charge in [0.1, 0.15) is 12.6 Å². The van der Waals surface area contributed by atoms with Crippen LogP contribution in [0.25, 0.3) is 10.8 Å². The molecule has 1 atom stereocenters. The standard InChI is InChI=1S/C28H35N3O4S/c1-6-25(28(33)29-20(2)3)30(18-22-16-14-21(4)15-17-22)27(32)19-31(36(5,34)35)26-13-9-11-23-10-7-8-12-24(23)26/h7-17,20,25H,6,18-19H2,1-5H3,(H,29,33). The third-order valence-electron chi connectivity index (χ3n) is 6.00. The van der Waals surface area contributed by atoms with E-state index in [-0.39, 0.29) is 18.5 Å². The Balaban J connectivity index is 2.02. The summed E-state index contributed by atoms with van der Waals surface area (Å²) in [6.45, 7) is 7.33. The highest BCUT2D eigenvalue weighted by Crippen LogP contribution is 2.29. The molecule has 1 unspecified atom stereocenters. The Hall–Kier alpha value is -3.39. The Bertz CT molecular complexity index is 1310. The number of hydrogen-bond acceptors (Lipinski definition) is 4. The Labute approximate surface area is 214 Å². The van der Waals surface area contributed by atoms with Gasteiger partial charge in [0, 0.05) is 18.0 Å². The molecule has 192 valence electrons. The summed E-state index contributed by atoms with van der Waals surface area (Å²) in [6.07, 6.45) is 1.48. The van der Waals surface area contributed by atoms with E-state index in [0.29, 0.717) is 12.1 Å². The first-order chi connectivity index (χ1) is 17.0. The van der Waals surface area contributed by atoms with Crippen molar-refractivity contribution in [2.45, 2.75) is 52.7 Å². The molecule has 2 amide bonds. The molecular weight excluding hydrogens is 474 g/mol. The van der Waals surface area contributed by atoms with Crippen molar-refractivity contribution in [2.75, 3.05) is 17.1 Å². The number of benzene rings is 3. The summed E-state index contributed by atoms with van der Waals surface area (Å²) in [6, 6.07) is 19.7. The third-order valence-corrected chi connectivity index (χ3v) is 7.13. The second kappa shape index (κ2) is 11.6. The number of fused-ring (bicyclic) bond motifs is 1. The molecule has 0 spiro atoms. The van der Waals surface area contributed by atoms with Crippen LogP contribution in [0.1, 0.15) is 38.3 Å². The fourth-order valence-corrected chi connectivity index (χ4v) is 5.07. The third kappa shape index (κ3) is 6.63. The minimum absolute atomic E-state index is 0.0916. The molecule has 36 heavy (non-hydrogen) atoms. The molecule has 3 aromatic rings. The fraction of sp³-hybridized carbons (Fsp3) is 0.357. The summed E-state index contributed by atoms with van der Waals surface area (Å²) in [7, 11) is -3.80. The Kier molecular flexibility index (Phi) is 8.74. The molecule has 0 aliphatic heterocycles. The van der Waals surface area contributed by atoms with Gasteiger partial charge < -0.3 is 10.2 Å². The SMILES string of the molecule is CCC(C(=O)NC(C)C)N(Cc1ccc(C)cc1)C(=O)CN(c1cccc2ccccc12)S(C)(=O)=O. The Morgan fingerprint density at radius 3 is 2.19 bits per heavy atom. The molecule has 0 aliphatic carbocycles. The van der Waals surface area contributed by atoms with E-state index in [2.05, 4.69) is 5.32 Å². The van der Waals surface area contributed by atoms with Crippen LogP contribution in [0.3, 0.4) is 0 Å². The summed E-state index contributed by atoms with van der Waals surface area (Å²) < 4.78 is 27.0. The molecule has 0 bridgehead atoms. The van der Waals surface area contributed by atoms with Gasteiger partial charge in [-0.1, -0.05) is 73.2 Å². The van der Waals surface area contributed by atoms with Crippen LogP contribution in [0.2, 0.25) is 0 Å². The smallest absolute Gasteiger partial charge is 0.244 e. The number of anilines is 1. The number of rotatable bonds is 10. The summed E-state index contributed by atoms with van der Waals surface area (Å²) in [4.78, 5) is 28.4. The van der Waals surface area contributed by atoms with Gasteiger partial charge in [0.15, 0.2) is 0 Å². The predicted molar refractivity (Wildman–Crippen MR) is 145 cm³/mol. The highest BCUT2D eigenvalue weighted by molar-refractivity contribution is 7.92. The van der Waals surface area contributed by atoms with Crippen molar-refractivity contribution in [3.8, 4) is 0 Å². The normalized spacial score (nSPS) is 12.4. The van der Waals surface area contributed by atoms with Crippen molar-refractivity contribution >= 4 is 38.3 Å². The van der Waals surface area contributed by atoms with Crippen molar-refractivity contribution in [3.63, 3.8) is 0 Å². The lowest BCUT2D eigenvalue weighted by Crippen LogP contribution is -2.53. The maximum absolute atomic E-state index is 13.8. The van der Waals surface area contributed by atoms with Crippen LogP contribution >= 0.6 is 0 Å². The second-order valence-electron chi connectivity index (χ2n) is 9.36. The van der Waals surface area contributed by atoms with E-state index in [0.717, 1.165) is 32.5 Å². The molecule has 7 nitrogen and oxygen atoms in total. The topological polar surface area (TPSA) is 86.8 Å². The van der Waals surface area contributed by atoms with Crippen molar-refractivity contribution in [3.05, 3.63) is 77.9 Å². The van der Waals surface area contributed by atoms with Crippen LogP contribution in [0.4, 0.5) is 5.69 Å². The molecule has 8 heteroatoms. The minimum atomic E-state index is -3.80. The zero-order valence-electron chi connectivity index (χ0n) is 21.6. The molecule has 0 fully saturated rings. The number of hydrogen-bond donors (Lipinski definition) is 1. The van der Waals surface area contributed by atoms with E-state index in [1.54, 1.807) is 12.1 Å². The number of nitrogens with one attached hydrogen (secondary N) is 1. The zero-order chi connectivity index (χ0) is 26.5. The molecule has 0 heterocycles. The summed E-state index contributed by atoms with van der Waals surface area (Å²) in [5.74, 6) is -0.705. The van der Waals surface area contributed by atoms with Crippen molar-refractivity contribution in [2.24, 2.45) is 0 Å². The van der Waals surface area contributed by atoms with E-state index in [1.165, 1.54) is 4.90 Å². The maximum Gasteiger partial charge on any atom is 0.244 e. The molecular formula is C28H35N3O4S. The number of aryl methyl sites for hydroxylation is 1. The van der Waals surface area contributed by atoms with Crippen LogP contribution in [0.5, 0.6) is 0 Å². The highest BCUT2D eigenvalue weighted by atomic mass is 32.2. The fourth-order valence-electron chi connectivity index (χ4n) is 4.21. The van der Waals surface area contributed by atoms with E-state index in [9.17, 15) is 18.0 Å². The number of carbonyl (C=O) groups excluding carboxylic acids is 2. The van der Waals surface area contributed by atoms with E-state index < -0.39 is 28.5 Å². The van der Waals surface area contributed by atoms with Crippen LogP contribution in [-0.2, 0) is 26.2 Å². The van der Waals surface area contributed by atoms with Gasteiger partial charge in [-0.25, -0.2) is 8.42 Å². The van der Waals surface area contributed by atoms with Gasteiger partial charge in [0.25, 0.3) is 0 Å². The number of amides is 2. The maximum atomic E-state index is 13.8. The number of carbonyl (C=O) groups is 2. The van der Waals surface area contributed by atoms with E-state index in [4.69, 9.17) is 0 Å². The average Bonchev–Trinajstić information content (AvgIpc) is 2.82. The van der Waals surface area contributed by atoms with E-state index >= 15 is 0 Å². The van der Waals surface area contributed by atoms with Crippen molar-refractivity contribution in [1.29, 1.82) is 0 Å². The van der Waals surface area contributed by atoms with Gasteiger partial charge in [-0.2, -0.15) is 0 Å². The molecule has 1 N–H and O–H groups in total. The summed E-state index contributed by atoms with van der Waals surface area (Å²) >= 11 is 0. The predicted octanol–water partition coefficient (Wildman–Crippen LogP) is 4.25. The van der Waals surface area contributed by atoms with Gasteiger partial charge in [0.05, 0.1) is 11.9 Å². The molecule has 0 saturated carbocycles. The van der Waals surface area contributed by atoms with Gasteiger partial charge in [0.2, 0.25) is 21.8 Å². The second-order valence-corrected chi connectivity index (χ2v) is 11.3. The van der Waals surface area contributed by atoms with Gasteiger partial charge in [-0.15, -0.1) is 0 Å². The quantitative estimate of drug-likeness (QED) is 0.443. The van der Waals surface area contributed by atoms with Crippen molar-refractivity contribution < 1.29 is 18.0 Å². The first kappa shape index (κ1) is 27.2. The lowest BCUT2D eigenvalue weighted by Gasteiger charge is -2.33.